The fraction of sp³-hybridized carbons (Fsp3) is 0.263. The lowest BCUT2D eigenvalue weighted by Crippen LogP contribution is -2.44. The Bertz CT molecular complexity index is 966. The van der Waals surface area contributed by atoms with Crippen LogP contribution in [0, 0.1) is 11.6 Å². The highest BCUT2D eigenvalue weighted by molar-refractivity contribution is 5.95. The van der Waals surface area contributed by atoms with E-state index in [2.05, 4.69) is 5.32 Å². The smallest absolute Gasteiger partial charge is 0.305 e. The molecule has 2 aliphatic rings. The van der Waals surface area contributed by atoms with Gasteiger partial charge in [-0.25, -0.2) is 8.78 Å². The Kier molecular flexibility index (Phi) is 4.50. The van der Waals surface area contributed by atoms with Crippen molar-refractivity contribution >= 4 is 23.3 Å². The first kappa shape index (κ1) is 18.0. The van der Waals surface area contributed by atoms with Gasteiger partial charge in [-0.15, -0.1) is 0 Å². The van der Waals surface area contributed by atoms with Gasteiger partial charge < -0.3 is 24.8 Å². The Balaban J connectivity index is 1.70. The minimum Gasteiger partial charge on any atom is -0.489 e. The molecule has 7 nitrogen and oxygen atoms in total. The zero-order chi connectivity index (χ0) is 19.8. The lowest BCUT2D eigenvalue weighted by atomic mass is 10.1. The summed E-state index contributed by atoms with van der Waals surface area (Å²) in [5.74, 6) is -2.42. The molecule has 1 atom stereocenters. The van der Waals surface area contributed by atoms with Gasteiger partial charge >= 0.3 is 5.97 Å². The number of benzene rings is 2. The van der Waals surface area contributed by atoms with Crippen LogP contribution in [0.15, 0.2) is 30.3 Å². The van der Waals surface area contributed by atoms with Crippen LogP contribution in [-0.2, 0) is 16.1 Å². The van der Waals surface area contributed by atoms with Crippen molar-refractivity contribution < 1.29 is 33.0 Å². The number of hydrogen-bond acceptors (Lipinski definition) is 5. The third-order valence-corrected chi connectivity index (χ3v) is 4.59. The van der Waals surface area contributed by atoms with E-state index in [1.165, 1.54) is 0 Å². The highest BCUT2D eigenvalue weighted by Gasteiger charge is 2.32. The molecule has 0 aliphatic carbocycles. The van der Waals surface area contributed by atoms with Gasteiger partial charge in [0.25, 0.3) is 5.91 Å². The van der Waals surface area contributed by atoms with Gasteiger partial charge in [0.2, 0.25) is 0 Å². The van der Waals surface area contributed by atoms with Crippen molar-refractivity contribution in [2.24, 2.45) is 0 Å². The molecule has 2 N–H and O–H groups in total. The van der Waals surface area contributed by atoms with Crippen molar-refractivity contribution in [3.63, 3.8) is 0 Å². The normalized spacial score (nSPS) is 17.7. The number of rotatable bonds is 4. The van der Waals surface area contributed by atoms with E-state index in [4.69, 9.17) is 9.47 Å². The second kappa shape index (κ2) is 6.99. The summed E-state index contributed by atoms with van der Waals surface area (Å²) in [7, 11) is 0. The second-order valence-electron chi connectivity index (χ2n) is 6.59. The van der Waals surface area contributed by atoms with E-state index >= 15 is 0 Å². The first-order chi connectivity index (χ1) is 13.4. The average molecular weight is 390 g/mol. The maximum Gasteiger partial charge on any atom is 0.305 e. The summed E-state index contributed by atoms with van der Waals surface area (Å²) in [5.41, 5.74) is 1.19. The first-order valence-electron chi connectivity index (χ1n) is 8.56. The molecule has 0 fully saturated rings. The number of carboxylic acids is 1. The molecule has 0 saturated carbocycles. The van der Waals surface area contributed by atoms with Crippen LogP contribution < -0.4 is 19.7 Å². The fourth-order valence-corrected chi connectivity index (χ4v) is 3.39. The predicted molar refractivity (Wildman–Crippen MR) is 94.6 cm³/mol. The Labute approximate surface area is 158 Å². The average Bonchev–Trinajstić information content (AvgIpc) is 2.62. The second-order valence-corrected chi connectivity index (χ2v) is 6.59. The molecule has 0 saturated heterocycles. The number of aliphatic carboxylic acids is 1. The van der Waals surface area contributed by atoms with Gasteiger partial charge in [-0.1, -0.05) is 6.07 Å². The molecule has 4 rings (SSSR count). The van der Waals surface area contributed by atoms with Crippen LogP contribution >= 0.6 is 0 Å². The molecule has 0 bridgehead atoms. The van der Waals surface area contributed by atoms with Crippen LogP contribution in [0.1, 0.15) is 12.0 Å². The van der Waals surface area contributed by atoms with Crippen LogP contribution in [0.3, 0.4) is 0 Å². The van der Waals surface area contributed by atoms with Crippen molar-refractivity contribution in [1.29, 1.82) is 0 Å². The standard InChI is InChI=1S/C19H16F2N2O5/c20-11-4-13(21)19-16(5-11)27-8-12(6-18(25)26)23(19)7-10-1-2-15-14(3-10)22-17(24)9-28-15/h1-5,12H,6-9H2,(H,22,24)(H,25,26). The van der Waals surface area contributed by atoms with E-state index < -0.39 is 23.6 Å². The molecule has 2 aromatic rings. The molecule has 0 spiro atoms. The molecular formula is C19H16F2N2O5. The lowest BCUT2D eigenvalue weighted by Gasteiger charge is -2.38. The number of carboxylic acid groups (broad SMARTS) is 1. The molecule has 28 heavy (non-hydrogen) atoms. The van der Waals surface area contributed by atoms with Crippen molar-refractivity contribution in [3.8, 4) is 11.5 Å². The van der Waals surface area contributed by atoms with Crippen LogP contribution in [0.2, 0.25) is 0 Å². The number of amides is 1. The van der Waals surface area contributed by atoms with E-state index in [9.17, 15) is 23.5 Å². The number of carbonyl (C=O) groups is 2. The first-order valence-corrected chi connectivity index (χ1v) is 8.56. The van der Waals surface area contributed by atoms with E-state index in [0.29, 0.717) is 17.0 Å². The summed E-state index contributed by atoms with van der Waals surface area (Å²) >= 11 is 0. The van der Waals surface area contributed by atoms with Crippen LogP contribution in [0.4, 0.5) is 20.2 Å². The maximum absolute atomic E-state index is 14.5. The third-order valence-electron chi connectivity index (χ3n) is 4.59. The van der Waals surface area contributed by atoms with Crippen molar-refractivity contribution in [2.45, 2.75) is 19.0 Å². The number of nitrogens with one attached hydrogen (secondary N) is 1. The van der Waals surface area contributed by atoms with Gasteiger partial charge in [-0.05, 0) is 17.7 Å². The van der Waals surface area contributed by atoms with E-state index in [1.807, 2.05) is 0 Å². The van der Waals surface area contributed by atoms with E-state index in [-0.39, 0.29) is 43.5 Å². The van der Waals surface area contributed by atoms with Crippen LogP contribution in [0.5, 0.6) is 11.5 Å². The highest BCUT2D eigenvalue weighted by atomic mass is 19.1. The summed E-state index contributed by atoms with van der Waals surface area (Å²) in [6.45, 7) is 0.0492. The third kappa shape index (κ3) is 3.42. The molecule has 2 heterocycles. The monoisotopic (exact) mass is 390 g/mol. The Morgan fingerprint density at radius 1 is 1.21 bits per heavy atom. The minimum atomic E-state index is -1.06. The molecule has 2 aliphatic heterocycles. The van der Waals surface area contributed by atoms with Gasteiger partial charge in [0, 0.05) is 18.7 Å². The largest absolute Gasteiger partial charge is 0.489 e. The molecule has 0 aromatic heterocycles. The number of nitrogens with zero attached hydrogens (tertiary/aromatic N) is 1. The molecule has 0 radical (unpaired) electrons. The number of anilines is 2. The Morgan fingerprint density at radius 2 is 2.04 bits per heavy atom. The zero-order valence-electron chi connectivity index (χ0n) is 14.6. The molecule has 146 valence electrons. The van der Waals surface area contributed by atoms with Gasteiger partial charge in [0.1, 0.15) is 29.6 Å². The SMILES string of the molecule is O=C(O)CC1COc2cc(F)cc(F)c2N1Cc1ccc2c(c1)NC(=O)CO2. The number of carbonyl (C=O) groups excluding carboxylic acids is 1. The topological polar surface area (TPSA) is 88.1 Å². The van der Waals surface area contributed by atoms with Gasteiger partial charge in [0.05, 0.1) is 18.2 Å². The zero-order valence-corrected chi connectivity index (χ0v) is 14.6. The van der Waals surface area contributed by atoms with Crippen molar-refractivity contribution in [3.05, 3.63) is 47.5 Å². The number of ether oxygens (including phenoxy) is 2. The summed E-state index contributed by atoms with van der Waals surface area (Å²) in [6, 6.07) is 6.26. The van der Waals surface area contributed by atoms with Crippen molar-refractivity contribution in [1.82, 2.24) is 0 Å². The molecule has 1 unspecified atom stereocenters. The molecular weight excluding hydrogens is 374 g/mol. The van der Waals surface area contributed by atoms with Crippen molar-refractivity contribution in [2.75, 3.05) is 23.4 Å². The molecule has 1 amide bonds. The van der Waals surface area contributed by atoms with E-state index in [1.54, 1.807) is 23.1 Å². The summed E-state index contributed by atoms with van der Waals surface area (Å²) in [4.78, 5) is 24.3. The van der Waals surface area contributed by atoms with Gasteiger partial charge in [0.15, 0.2) is 12.4 Å². The van der Waals surface area contributed by atoms with Crippen LogP contribution in [0.25, 0.3) is 0 Å². The Morgan fingerprint density at radius 3 is 2.82 bits per heavy atom. The summed E-state index contributed by atoms with van der Waals surface area (Å²) in [6.07, 6.45) is -0.277. The number of fused-ring (bicyclic) bond motifs is 2. The lowest BCUT2D eigenvalue weighted by molar-refractivity contribution is -0.137. The number of halogens is 2. The van der Waals surface area contributed by atoms with E-state index in [0.717, 1.165) is 12.1 Å². The van der Waals surface area contributed by atoms with Crippen LogP contribution in [-0.4, -0.2) is 36.2 Å². The molecule has 9 heteroatoms. The Hall–Kier alpha value is -3.36. The minimum absolute atomic E-state index is 0.0110. The molecule has 2 aromatic carbocycles. The summed E-state index contributed by atoms with van der Waals surface area (Å²) in [5, 5.41) is 11.9. The fourth-order valence-electron chi connectivity index (χ4n) is 3.39. The van der Waals surface area contributed by atoms with Gasteiger partial charge in [-0.2, -0.15) is 0 Å². The summed E-state index contributed by atoms with van der Waals surface area (Å²) < 4.78 is 38.8. The number of hydrogen-bond donors (Lipinski definition) is 2. The maximum atomic E-state index is 14.5. The highest BCUT2D eigenvalue weighted by Crippen LogP contribution is 2.39. The quantitative estimate of drug-likeness (QED) is 0.834. The van der Waals surface area contributed by atoms with Gasteiger partial charge in [-0.3, -0.25) is 9.59 Å². The predicted octanol–water partition coefficient (Wildman–Crippen LogP) is 2.54.